The van der Waals surface area contributed by atoms with Gasteiger partial charge in [0.15, 0.2) is 0 Å². The Labute approximate surface area is 106 Å². The minimum Gasteiger partial charge on any atom is -0.480 e. The molecule has 0 aliphatic rings. The van der Waals surface area contributed by atoms with E-state index in [0.29, 0.717) is 6.07 Å². The molecule has 0 radical (unpaired) electrons. The van der Waals surface area contributed by atoms with Crippen molar-refractivity contribution >= 4 is 17.8 Å². The number of halogens is 2. The van der Waals surface area contributed by atoms with Crippen LogP contribution < -0.4 is 10.6 Å². The maximum Gasteiger partial charge on any atom is 0.322 e. The number of rotatable bonds is 5. The van der Waals surface area contributed by atoms with Gasteiger partial charge in [-0.2, -0.15) is 0 Å². The van der Waals surface area contributed by atoms with Crippen molar-refractivity contribution < 1.29 is 28.3 Å². The first kappa shape index (κ1) is 14.6. The molecule has 19 heavy (non-hydrogen) atoms. The van der Waals surface area contributed by atoms with Crippen molar-refractivity contribution in [3.8, 4) is 0 Å². The summed E-state index contributed by atoms with van der Waals surface area (Å²) in [5, 5.41) is 12.3. The first-order valence-corrected chi connectivity index (χ1v) is 5.12. The summed E-state index contributed by atoms with van der Waals surface area (Å²) >= 11 is 0. The molecule has 0 aliphatic carbocycles. The Kier molecular flexibility index (Phi) is 4.92. The zero-order chi connectivity index (χ0) is 14.4. The molecule has 6 nitrogen and oxygen atoms in total. The van der Waals surface area contributed by atoms with E-state index in [0.717, 1.165) is 12.1 Å². The van der Waals surface area contributed by atoms with E-state index in [1.807, 2.05) is 10.6 Å². The number of hydrogen-bond acceptors (Lipinski definition) is 3. The fraction of sp³-hybridized carbons (Fsp3) is 0.182. The molecule has 0 bridgehead atoms. The number of nitrogens with one attached hydrogen (secondary N) is 2. The van der Waals surface area contributed by atoms with Gasteiger partial charge in [0.2, 0.25) is 5.91 Å². The number of benzene rings is 1. The third-order valence-corrected chi connectivity index (χ3v) is 2.02. The summed E-state index contributed by atoms with van der Waals surface area (Å²) in [5.74, 6) is -4.68. The average molecular weight is 272 g/mol. The molecule has 1 aromatic rings. The highest BCUT2D eigenvalue weighted by Crippen LogP contribution is 2.09. The number of carbonyl (C=O) groups is 3. The molecular weight excluding hydrogens is 262 g/mol. The summed E-state index contributed by atoms with van der Waals surface area (Å²) in [6, 6.07) is 2.33. The van der Waals surface area contributed by atoms with Crippen molar-refractivity contribution in [2.75, 3.05) is 13.1 Å². The van der Waals surface area contributed by atoms with Crippen LogP contribution in [0.2, 0.25) is 0 Å². The zero-order valence-corrected chi connectivity index (χ0v) is 9.57. The summed E-state index contributed by atoms with van der Waals surface area (Å²) in [5.41, 5.74) is -0.536. The number of amides is 2. The minimum atomic E-state index is -1.24. The molecular formula is C11H10F2N2O4. The molecule has 0 heterocycles. The second-order valence-corrected chi connectivity index (χ2v) is 3.48. The maximum absolute atomic E-state index is 13.2. The van der Waals surface area contributed by atoms with Crippen LogP contribution in [-0.4, -0.2) is 36.0 Å². The van der Waals surface area contributed by atoms with Gasteiger partial charge in [-0.25, -0.2) is 8.78 Å². The summed E-state index contributed by atoms with van der Waals surface area (Å²) in [6.07, 6.45) is 0. The Balaban J connectivity index is 2.53. The minimum absolute atomic E-state index is 0.536. The van der Waals surface area contributed by atoms with Crippen molar-refractivity contribution in [1.82, 2.24) is 10.6 Å². The number of aliphatic carboxylic acids is 1. The second-order valence-electron chi connectivity index (χ2n) is 3.48. The average Bonchev–Trinajstić information content (AvgIpc) is 2.36. The van der Waals surface area contributed by atoms with Crippen molar-refractivity contribution in [2.24, 2.45) is 0 Å². The summed E-state index contributed by atoms with van der Waals surface area (Å²) < 4.78 is 26.0. The lowest BCUT2D eigenvalue weighted by Crippen LogP contribution is -2.39. The molecule has 0 unspecified atom stereocenters. The van der Waals surface area contributed by atoms with E-state index in [2.05, 4.69) is 0 Å². The lowest BCUT2D eigenvalue weighted by molar-refractivity contribution is -0.137. The quantitative estimate of drug-likeness (QED) is 0.697. The smallest absolute Gasteiger partial charge is 0.322 e. The van der Waals surface area contributed by atoms with Crippen molar-refractivity contribution in [2.45, 2.75) is 0 Å². The summed E-state index contributed by atoms with van der Waals surface area (Å²) in [7, 11) is 0. The van der Waals surface area contributed by atoms with Crippen LogP contribution in [-0.2, 0) is 9.59 Å². The van der Waals surface area contributed by atoms with Crippen molar-refractivity contribution in [1.29, 1.82) is 0 Å². The SMILES string of the molecule is O=C(O)CNC(=O)CNC(=O)c1cc(F)ccc1F. The Bertz CT molecular complexity index is 519. The zero-order valence-electron chi connectivity index (χ0n) is 9.57. The van der Waals surface area contributed by atoms with E-state index >= 15 is 0 Å². The largest absolute Gasteiger partial charge is 0.480 e. The van der Waals surface area contributed by atoms with Crippen molar-refractivity contribution in [3.63, 3.8) is 0 Å². The third-order valence-electron chi connectivity index (χ3n) is 2.02. The Hall–Kier alpha value is -2.51. The van der Waals surface area contributed by atoms with Gasteiger partial charge in [-0.3, -0.25) is 14.4 Å². The molecule has 0 aromatic heterocycles. The molecule has 0 atom stereocenters. The predicted octanol–water partition coefficient (Wildman–Crippen LogP) is -0.105. The van der Waals surface area contributed by atoms with E-state index in [9.17, 15) is 23.2 Å². The molecule has 102 valence electrons. The van der Waals surface area contributed by atoms with E-state index in [1.165, 1.54) is 0 Å². The van der Waals surface area contributed by atoms with Gasteiger partial charge < -0.3 is 15.7 Å². The Morgan fingerprint density at radius 2 is 1.79 bits per heavy atom. The molecule has 0 saturated heterocycles. The van der Waals surface area contributed by atoms with Crippen LogP contribution in [0.5, 0.6) is 0 Å². The first-order chi connectivity index (χ1) is 8.90. The monoisotopic (exact) mass is 272 g/mol. The lowest BCUT2D eigenvalue weighted by Gasteiger charge is -2.06. The molecule has 0 spiro atoms. The molecule has 0 saturated carbocycles. The molecule has 1 rings (SSSR count). The van der Waals surface area contributed by atoms with Crippen LogP contribution in [0.15, 0.2) is 18.2 Å². The highest BCUT2D eigenvalue weighted by molar-refractivity contribution is 5.96. The predicted molar refractivity (Wildman–Crippen MR) is 59.3 cm³/mol. The summed E-state index contributed by atoms with van der Waals surface area (Å²) in [6.45, 7) is -1.13. The first-order valence-electron chi connectivity index (χ1n) is 5.12. The van der Waals surface area contributed by atoms with Crippen LogP contribution in [0.1, 0.15) is 10.4 Å². The topological polar surface area (TPSA) is 95.5 Å². The molecule has 8 heteroatoms. The fourth-order valence-electron chi connectivity index (χ4n) is 1.16. The lowest BCUT2D eigenvalue weighted by atomic mass is 10.2. The summed E-state index contributed by atoms with van der Waals surface area (Å²) in [4.78, 5) is 32.7. The highest BCUT2D eigenvalue weighted by Gasteiger charge is 2.13. The van der Waals surface area contributed by atoms with Crippen LogP contribution in [0, 0.1) is 11.6 Å². The fourth-order valence-corrected chi connectivity index (χ4v) is 1.16. The van der Waals surface area contributed by atoms with Crippen LogP contribution in [0.25, 0.3) is 0 Å². The van der Waals surface area contributed by atoms with Gasteiger partial charge in [0, 0.05) is 0 Å². The Morgan fingerprint density at radius 3 is 2.42 bits per heavy atom. The Morgan fingerprint density at radius 1 is 1.11 bits per heavy atom. The van der Waals surface area contributed by atoms with Gasteiger partial charge in [0.05, 0.1) is 12.1 Å². The van der Waals surface area contributed by atoms with Crippen LogP contribution >= 0.6 is 0 Å². The molecule has 2 amide bonds. The number of hydrogen-bond donors (Lipinski definition) is 3. The molecule has 3 N–H and O–H groups in total. The normalized spacial score (nSPS) is 9.79. The van der Waals surface area contributed by atoms with E-state index < -0.39 is 48.1 Å². The second kappa shape index (κ2) is 6.43. The van der Waals surface area contributed by atoms with E-state index in [-0.39, 0.29) is 0 Å². The third kappa shape index (κ3) is 4.70. The van der Waals surface area contributed by atoms with Crippen LogP contribution in [0.4, 0.5) is 8.78 Å². The maximum atomic E-state index is 13.2. The van der Waals surface area contributed by atoms with Gasteiger partial charge in [-0.15, -0.1) is 0 Å². The van der Waals surface area contributed by atoms with Gasteiger partial charge in [-0.1, -0.05) is 0 Å². The molecule has 0 fully saturated rings. The number of carbonyl (C=O) groups excluding carboxylic acids is 2. The number of carboxylic acids is 1. The standard InChI is InChI=1S/C11H10F2N2O4/c12-6-1-2-8(13)7(3-6)11(19)15-4-9(16)14-5-10(17)18/h1-3H,4-5H2,(H,14,16)(H,15,19)(H,17,18). The van der Waals surface area contributed by atoms with E-state index in [1.54, 1.807) is 0 Å². The number of carboxylic acid groups (broad SMARTS) is 1. The van der Waals surface area contributed by atoms with Gasteiger partial charge in [0.25, 0.3) is 5.91 Å². The highest BCUT2D eigenvalue weighted by atomic mass is 19.1. The van der Waals surface area contributed by atoms with Crippen molar-refractivity contribution in [3.05, 3.63) is 35.4 Å². The molecule has 0 aliphatic heterocycles. The van der Waals surface area contributed by atoms with Crippen LogP contribution in [0.3, 0.4) is 0 Å². The van der Waals surface area contributed by atoms with Gasteiger partial charge in [0.1, 0.15) is 18.2 Å². The van der Waals surface area contributed by atoms with E-state index in [4.69, 9.17) is 5.11 Å². The molecule has 1 aromatic carbocycles. The van der Waals surface area contributed by atoms with Gasteiger partial charge >= 0.3 is 5.97 Å². The van der Waals surface area contributed by atoms with Gasteiger partial charge in [-0.05, 0) is 18.2 Å².